The minimum Gasteiger partial charge on any atom is -0.454 e. The summed E-state index contributed by atoms with van der Waals surface area (Å²) in [4.78, 5) is 24.9. The number of anilines is 1. The summed E-state index contributed by atoms with van der Waals surface area (Å²) >= 11 is 0. The van der Waals surface area contributed by atoms with Gasteiger partial charge in [-0.15, -0.1) is 5.10 Å². The van der Waals surface area contributed by atoms with E-state index in [1.165, 1.54) is 10.6 Å². The molecule has 3 aromatic rings. The summed E-state index contributed by atoms with van der Waals surface area (Å²) in [6, 6.07) is 9.82. The Morgan fingerprint density at radius 2 is 1.90 bits per heavy atom. The molecule has 0 unspecified atom stereocenters. The number of esters is 1. The van der Waals surface area contributed by atoms with Crippen molar-refractivity contribution in [1.82, 2.24) is 15.0 Å². The number of ketones is 1. The first-order chi connectivity index (χ1) is 14.8. The molecule has 0 saturated carbocycles. The highest BCUT2D eigenvalue weighted by molar-refractivity contribution is 7.92. The summed E-state index contributed by atoms with van der Waals surface area (Å²) in [6.45, 7) is 2.62. The van der Waals surface area contributed by atoms with Crippen LogP contribution in [0.5, 0.6) is 0 Å². The number of ether oxygens (including phenoxy) is 1. The molecule has 31 heavy (non-hydrogen) atoms. The van der Waals surface area contributed by atoms with Crippen molar-refractivity contribution in [2.45, 2.75) is 26.3 Å². The van der Waals surface area contributed by atoms with Gasteiger partial charge in [0.1, 0.15) is 5.52 Å². The van der Waals surface area contributed by atoms with Gasteiger partial charge in [-0.25, -0.2) is 17.9 Å². The fraction of sp³-hybridized carbons (Fsp3) is 0.333. The molecule has 1 aromatic heterocycles. The van der Waals surface area contributed by atoms with E-state index in [2.05, 4.69) is 10.3 Å². The van der Waals surface area contributed by atoms with Crippen molar-refractivity contribution in [3.05, 3.63) is 53.1 Å². The smallest absolute Gasteiger partial charge is 0.338 e. The maximum absolute atomic E-state index is 12.6. The second-order valence-corrected chi connectivity index (χ2v) is 9.30. The molecule has 1 aliphatic rings. The van der Waals surface area contributed by atoms with Crippen LogP contribution in [0.25, 0.3) is 11.0 Å². The summed E-state index contributed by atoms with van der Waals surface area (Å²) < 4.78 is 32.2. The van der Waals surface area contributed by atoms with Crippen LogP contribution in [0.1, 0.15) is 39.6 Å². The molecule has 0 fully saturated rings. The Labute approximate surface area is 179 Å². The van der Waals surface area contributed by atoms with Crippen molar-refractivity contribution < 1.29 is 22.7 Å². The van der Waals surface area contributed by atoms with E-state index in [0.29, 0.717) is 42.7 Å². The average Bonchev–Trinajstić information content (AvgIpc) is 3.18. The maximum atomic E-state index is 12.6. The van der Waals surface area contributed by atoms with Gasteiger partial charge in [-0.3, -0.25) is 9.10 Å². The SMILES string of the molecule is CCn1nnc2cc(C(=O)OCC(=O)c3ccc4c(c3)CCCN4S(C)(=O)=O)ccc21. The van der Waals surface area contributed by atoms with E-state index >= 15 is 0 Å². The molecule has 1 aliphatic heterocycles. The van der Waals surface area contributed by atoms with Crippen LogP contribution in [0.4, 0.5) is 5.69 Å². The molecule has 2 aromatic carbocycles. The highest BCUT2D eigenvalue weighted by atomic mass is 32.2. The Hall–Kier alpha value is -3.27. The molecule has 162 valence electrons. The molecule has 0 saturated heterocycles. The third-order valence-corrected chi connectivity index (χ3v) is 6.44. The van der Waals surface area contributed by atoms with Gasteiger partial charge in [-0.2, -0.15) is 0 Å². The van der Waals surface area contributed by atoms with Gasteiger partial charge >= 0.3 is 5.97 Å². The number of aromatic nitrogens is 3. The number of Topliss-reactive ketones (excluding diaryl/α,β-unsaturated/α-hetero) is 1. The quantitative estimate of drug-likeness (QED) is 0.425. The second-order valence-electron chi connectivity index (χ2n) is 7.39. The third kappa shape index (κ3) is 4.15. The van der Waals surface area contributed by atoms with E-state index in [1.807, 2.05) is 6.92 Å². The van der Waals surface area contributed by atoms with Crippen LogP contribution in [-0.4, -0.2) is 54.6 Å². The fourth-order valence-electron chi connectivity index (χ4n) is 3.71. The van der Waals surface area contributed by atoms with Crippen molar-refractivity contribution >= 4 is 38.5 Å². The minimum absolute atomic E-state index is 0.290. The van der Waals surface area contributed by atoms with Crippen LogP contribution >= 0.6 is 0 Å². The van der Waals surface area contributed by atoms with E-state index in [4.69, 9.17) is 4.74 Å². The van der Waals surface area contributed by atoms with E-state index in [9.17, 15) is 18.0 Å². The number of fused-ring (bicyclic) bond motifs is 2. The zero-order valence-electron chi connectivity index (χ0n) is 17.2. The first kappa shape index (κ1) is 21.0. The molecule has 0 bridgehead atoms. The predicted octanol–water partition coefficient (Wildman–Crippen LogP) is 2.20. The number of rotatable bonds is 6. The van der Waals surface area contributed by atoms with Gasteiger partial charge in [0.25, 0.3) is 0 Å². The van der Waals surface area contributed by atoms with Gasteiger partial charge in [0.2, 0.25) is 10.0 Å². The number of aryl methyl sites for hydroxylation is 2. The topological polar surface area (TPSA) is 111 Å². The fourth-order valence-corrected chi connectivity index (χ4v) is 4.71. The summed E-state index contributed by atoms with van der Waals surface area (Å²) in [5.41, 5.74) is 3.44. The Morgan fingerprint density at radius 1 is 1.13 bits per heavy atom. The number of sulfonamides is 1. The van der Waals surface area contributed by atoms with Crippen molar-refractivity contribution in [2.24, 2.45) is 0 Å². The van der Waals surface area contributed by atoms with E-state index in [1.54, 1.807) is 41.1 Å². The average molecular weight is 442 g/mol. The van der Waals surface area contributed by atoms with Gasteiger partial charge in [-0.1, -0.05) is 5.21 Å². The number of hydrogen-bond acceptors (Lipinski definition) is 7. The summed E-state index contributed by atoms with van der Waals surface area (Å²) in [7, 11) is -3.37. The Balaban J connectivity index is 1.46. The van der Waals surface area contributed by atoms with Crippen LogP contribution < -0.4 is 4.31 Å². The number of benzene rings is 2. The highest BCUT2D eigenvalue weighted by Crippen LogP contribution is 2.30. The Kier molecular flexibility index (Phi) is 5.48. The molecule has 10 heteroatoms. The third-order valence-electron chi connectivity index (χ3n) is 5.26. The molecule has 0 spiro atoms. The normalized spacial score (nSPS) is 13.8. The first-order valence-electron chi connectivity index (χ1n) is 9.92. The molecular formula is C21H22N4O5S. The zero-order chi connectivity index (χ0) is 22.2. The number of carbonyl (C=O) groups excluding carboxylic acids is 2. The Bertz CT molecular complexity index is 1280. The lowest BCUT2D eigenvalue weighted by Crippen LogP contribution is -2.34. The molecule has 0 radical (unpaired) electrons. The molecule has 0 aliphatic carbocycles. The lowest BCUT2D eigenvalue weighted by atomic mass is 9.99. The van der Waals surface area contributed by atoms with Crippen LogP contribution in [0.2, 0.25) is 0 Å². The lowest BCUT2D eigenvalue weighted by molar-refractivity contribution is 0.0475. The van der Waals surface area contributed by atoms with Crippen LogP contribution in [0.15, 0.2) is 36.4 Å². The van der Waals surface area contributed by atoms with E-state index < -0.39 is 22.6 Å². The summed E-state index contributed by atoms with van der Waals surface area (Å²) in [5, 5.41) is 8.03. The minimum atomic E-state index is -3.37. The number of hydrogen-bond donors (Lipinski definition) is 0. The van der Waals surface area contributed by atoms with Crippen molar-refractivity contribution in [1.29, 1.82) is 0 Å². The van der Waals surface area contributed by atoms with E-state index in [0.717, 1.165) is 11.1 Å². The second kappa shape index (κ2) is 8.10. The van der Waals surface area contributed by atoms with Gasteiger partial charge in [0, 0.05) is 18.7 Å². The van der Waals surface area contributed by atoms with Gasteiger partial charge in [0.05, 0.1) is 23.0 Å². The van der Waals surface area contributed by atoms with Crippen LogP contribution in [0, 0.1) is 0 Å². The molecule has 2 heterocycles. The van der Waals surface area contributed by atoms with Crippen LogP contribution in [-0.2, 0) is 27.7 Å². The molecular weight excluding hydrogens is 420 g/mol. The molecule has 4 rings (SSSR count). The molecule has 0 N–H and O–H groups in total. The van der Waals surface area contributed by atoms with E-state index in [-0.39, 0.29) is 11.3 Å². The number of nitrogens with zero attached hydrogens (tertiary/aromatic N) is 4. The molecule has 9 nitrogen and oxygen atoms in total. The van der Waals surface area contributed by atoms with Gasteiger partial charge in [0.15, 0.2) is 12.4 Å². The highest BCUT2D eigenvalue weighted by Gasteiger charge is 2.25. The standard InChI is InChI=1S/C21H22N4O5S/c1-3-24-19-9-7-16(12-17(19)22-23-24)21(27)30-13-20(26)15-6-8-18-14(11-15)5-4-10-25(18)31(2,28)29/h6-9,11-12H,3-5,10,13H2,1-2H3. The Morgan fingerprint density at radius 3 is 2.65 bits per heavy atom. The zero-order valence-corrected chi connectivity index (χ0v) is 18.1. The lowest BCUT2D eigenvalue weighted by Gasteiger charge is -2.29. The molecule has 0 amide bonds. The monoisotopic (exact) mass is 442 g/mol. The maximum Gasteiger partial charge on any atom is 0.338 e. The first-order valence-corrected chi connectivity index (χ1v) is 11.8. The largest absolute Gasteiger partial charge is 0.454 e. The summed E-state index contributed by atoms with van der Waals surface area (Å²) in [6.07, 6.45) is 2.53. The van der Waals surface area contributed by atoms with Crippen molar-refractivity contribution in [2.75, 3.05) is 23.7 Å². The predicted molar refractivity (Wildman–Crippen MR) is 115 cm³/mol. The number of carbonyl (C=O) groups is 2. The van der Waals surface area contributed by atoms with Crippen LogP contribution in [0.3, 0.4) is 0 Å². The van der Waals surface area contributed by atoms with Crippen molar-refractivity contribution in [3.8, 4) is 0 Å². The van der Waals surface area contributed by atoms with Gasteiger partial charge in [-0.05, 0) is 61.7 Å². The molecule has 0 atom stereocenters. The van der Waals surface area contributed by atoms with Gasteiger partial charge < -0.3 is 4.74 Å². The summed E-state index contributed by atoms with van der Waals surface area (Å²) in [5.74, 6) is -0.979. The van der Waals surface area contributed by atoms with Crippen molar-refractivity contribution in [3.63, 3.8) is 0 Å².